The highest BCUT2D eigenvalue weighted by Crippen LogP contribution is 2.24. The molecule has 0 radical (unpaired) electrons. The van der Waals surface area contributed by atoms with Crippen molar-refractivity contribution in [3.8, 4) is 0 Å². The molecule has 0 saturated carbocycles. The molecular formula is C26H29N3O6. The molecule has 0 bridgehead atoms. The molecule has 1 atom stereocenters. The first-order valence-corrected chi connectivity index (χ1v) is 11.1. The predicted molar refractivity (Wildman–Crippen MR) is 131 cm³/mol. The van der Waals surface area contributed by atoms with Gasteiger partial charge in [0, 0.05) is 24.9 Å². The molecular weight excluding hydrogens is 450 g/mol. The summed E-state index contributed by atoms with van der Waals surface area (Å²) in [6.07, 6.45) is 1.12. The summed E-state index contributed by atoms with van der Waals surface area (Å²) in [6.45, 7) is 6.67. The number of carbonyl (C=O) groups excluding carboxylic acids is 4. The molecule has 3 rings (SSSR count). The summed E-state index contributed by atoms with van der Waals surface area (Å²) in [4.78, 5) is 50.0. The lowest BCUT2D eigenvalue weighted by Crippen LogP contribution is -2.43. The maximum absolute atomic E-state index is 13.1. The maximum atomic E-state index is 13.1. The zero-order chi connectivity index (χ0) is 25.8. The normalized spacial score (nSPS) is 12.0. The number of fused-ring (bicyclic) bond motifs is 1. The van der Waals surface area contributed by atoms with Gasteiger partial charge in [0.05, 0.1) is 23.9 Å². The highest BCUT2D eigenvalue weighted by molar-refractivity contribution is 6.04. The van der Waals surface area contributed by atoms with Gasteiger partial charge >= 0.3 is 12.1 Å². The molecule has 184 valence electrons. The number of amides is 2. The molecule has 35 heavy (non-hydrogen) atoms. The number of ether oxygens (including phenoxy) is 2. The van der Waals surface area contributed by atoms with Crippen molar-refractivity contribution in [1.82, 2.24) is 9.88 Å². The summed E-state index contributed by atoms with van der Waals surface area (Å²) in [5.74, 6) is -1.53. The second-order valence-electron chi connectivity index (χ2n) is 9.00. The molecule has 3 aromatic rings. The van der Waals surface area contributed by atoms with E-state index >= 15 is 0 Å². The van der Waals surface area contributed by atoms with Crippen LogP contribution >= 0.6 is 0 Å². The van der Waals surface area contributed by atoms with Crippen LogP contribution in [0.15, 0.2) is 54.7 Å². The van der Waals surface area contributed by atoms with E-state index in [4.69, 9.17) is 9.47 Å². The fraction of sp³-hybridized carbons (Fsp3) is 0.308. The van der Waals surface area contributed by atoms with Crippen LogP contribution in [0.5, 0.6) is 0 Å². The standard InChI is InChI=1S/C26H29N3O6/c1-16(30)27-20-12-8-6-11-19(20)23(31)28-21(24(32)34-5)14-17-15-29(25(33)35-26(2,3)4)22-13-9-7-10-18(17)22/h6-13,15,21H,14H2,1-5H3,(H,27,30)(H,28,31)/t21-/m0/s1. The van der Waals surface area contributed by atoms with Gasteiger partial charge in [-0.3, -0.25) is 14.2 Å². The largest absolute Gasteiger partial charge is 0.467 e. The molecule has 2 amide bonds. The smallest absolute Gasteiger partial charge is 0.419 e. The van der Waals surface area contributed by atoms with E-state index in [-0.39, 0.29) is 17.9 Å². The van der Waals surface area contributed by atoms with Crippen molar-refractivity contribution >= 4 is 40.5 Å². The molecule has 0 aliphatic rings. The van der Waals surface area contributed by atoms with E-state index in [0.29, 0.717) is 16.8 Å². The van der Waals surface area contributed by atoms with Crippen LogP contribution in [0.1, 0.15) is 43.6 Å². The predicted octanol–water partition coefficient (Wildman–Crippen LogP) is 3.90. The van der Waals surface area contributed by atoms with E-state index in [1.165, 1.54) is 18.6 Å². The molecule has 1 heterocycles. The SMILES string of the molecule is COC(=O)[C@H](Cc1cn(C(=O)OC(C)(C)C)c2ccccc12)NC(=O)c1ccccc1NC(C)=O. The number of carbonyl (C=O) groups is 4. The number of anilines is 1. The molecule has 9 heteroatoms. The van der Waals surface area contributed by atoms with Gasteiger partial charge < -0.3 is 20.1 Å². The monoisotopic (exact) mass is 479 g/mol. The van der Waals surface area contributed by atoms with Crippen LogP contribution in [-0.4, -0.2) is 47.2 Å². The Bertz CT molecular complexity index is 1270. The maximum Gasteiger partial charge on any atom is 0.419 e. The summed E-state index contributed by atoms with van der Waals surface area (Å²) in [7, 11) is 1.23. The molecule has 2 aromatic carbocycles. The summed E-state index contributed by atoms with van der Waals surface area (Å²) in [5.41, 5.74) is 1.10. The third-order valence-corrected chi connectivity index (χ3v) is 5.08. The van der Waals surface area contributed by atoms with E-state index in [2.05, 4.69) is 10.6 Å². The summed E-state index contributed by atoms with van der Waals surface area (Å²) < 4.78 is 11.8. The van der Waals surface area contributed by atoms with Crippen molar-refractivity contribution in [2.24, 2.45) is 0 Å². The lowest BCUT2D eigenvalue weighted by atomic mass is 10.0. The van der Waals surface area contributed by atoms with E-state index in [1.54, 1.807) is 63.4 Å². The first kappa shape index (κ1) is 25.5. The molecule has 0 aliphatic carbocycles. The Hall–Kier alpha value is -4.14. The fourth-order valence-electron chi connectivity index (χ4n) is 3.65. The van der Waals surface area contributed by atoms with Crippen molar-refractivity contribution in [2.75, 3.05) is 12.4 Å². The second-order valence-corrected chi connectivity index (χ2v) is 9.00. The quantitative estimate of drug-likeness (QED) is 0.518. The Morgan fingerprint density at radius 3 is 2.31 bits per heavy atom. The van der Waals surface area contributed by atoms with Gasteiger partial charge in [0.1, 0.15) is 11.6 Å². The van der Waals surface area contributed by atoms with Gasteiger partial charge in [-0.15, -0.1) is 0 Å². The van der Waals surface area contributed by atoms with Gasteiger partial charge in [0.25, 0.3) is 5.91 Å². The number of methoxy groups -OCH3 is 1. The fourth-order valence-corrected chi connectivity index (χ4v) is 3.65. The molecule has 1 aromatic heterocycles. The highest BCUT2D eigenvalue weighted by Gasteiger charge is 2.27. The van der Waals surface area contributed by atoms with Crippen molar-refractivity contribution in [3.63, 3.8) is 0 Å². The van der Waals surface area contributed by atoms with Crippen LogP contribution in [0.4, 0.5) is 10.5 Å². The molecule has 2 N–H and O–H groups in total. The Morgan fingerprint density at radius 2 is 1.66 bits per heavy atom. The van der Waals surface area contributed by atoms with Gasteiger partial charge in [-0.2, -0.15) is 0 Å². The Labute approximate surface area is 203 Å². The summed E-state index contributed by atoms with van der Waals surface area (Å²) in [6, 6.07) is 12.7. The first-order chi connectivity index (χ1) is 16.5. The van der Waals surface area contributed by atoms with Gasteiger partial charge in [-0.25, -0.2) is 9.59 Å². The summed E-state index contributed by atoms with van der Waals surface area (Å²) >= 11 is 0. The van der Waals surface area contributed by atoms with Gasteiger partial charge in [0.15, 0.2) is 0 Å². The summed E-state index contributed by atoms with van der Waals surface area (Å²) in [5, 5.41) is 6.04. The average Bonchev–Trinajstić information content (AvgIpc) is 3.15. The molecule has 0 unspecified atom stereocenters. The van der Waals surface area contributed by atoms with E-state index < -0.39 is 29.6 Å². The molecule has 9 nitrogen and oxygen atoms in total. The minimum Gasteiger partial charge on any atom is -0.467 e. The van der Waals surface area contributed by atoms with Gasteiger partial charge in [-0.1, -0.05) is 30.3 Å². The van der Waals surface area contributed by atoms with E-state index in [0.717, 1.165) is 5.39 Å². The molecule has 0 spiro atoms. The van der Waals surface area contributed by atoms with Crippen LogP contribution < -0.4 is 10.6 Å². The highest BCUT2D eigenvalue weighted by atomic mass is 16.6. The van der Waals surface area contributed by atoms with Crippen molar-refractivity contribution in [1.29, 1.82) is 0 Å². The lowest BCUT2D eigenvalue weighted by molar-refractivity contribution is -0.142. The molecule has 0 aliphatic heterocycles. The Morgan fingerprint density at radius 1 is 1.00 bits per heavy atom. The van der Waals surface area contributed by atoms with Crippen LogP contribution in [-0.2, 0) is 25.5 Å². The van der Waals surface area contributed by atoms with Gasteiger partial charge in [0.2, 0.25) is 5.91 Å². The van der Waals surface area contributed by atoms with E-state index in [1.807, 2.05) is 12.1 Å². The topological polar surface area (TPSA) is 116 Å². The van der Waals surface area contributed by atoms with Crippen LogP contribution in [0, 0.1) is 0 Å². The van der Waals surface area contributed by atoms with Crippen molar-refractivity contribution < 1.29 is 28.7 Å². The minimum atomic E-state index is -1.05. The number of hydrogen-bond acceptors (Lipinski definition) is 6. The number of nitrogens with one attached hydrogen (secondary N) is 2. The minimum absolute atomic E-state index is 0.0665. The third-order valence-electron chi connectivity index (χ3n) is 5.08. The van der Waals surface area contributed by atoms with Crippen LogP contribution in [0.25, 0.3) is 10.9 Å². The zero-order valence-corrected chi connectivity index (χ0v) is 20.4. The second kappa shape index (κ2) is 10.4. The van der Waals surface area contributed by atoms with Crippen LogP contribution in [0.2, 0.25) is 0 Å². The zero-order valence-electron chi connectivity index (χ0n) is 20.4. The number of hydrogen-bond donors (Lipinski definition) is 2. The number of para-hydroxylation sites is 2. The number of nitrogens with zero attached hydrogens (tertiary/aromatic N) is 1. The van der Waals surface area contributed by atoms with Gasteiger partial charge in [-0.05, 0) is 44.5 Å². The third kappa shape index (κ3) is 6.26. The molecule has 0 fully saturated rings. The van der Waals surface area contributed by atoms with Crippen molar-refractivity contribution in [3.05, 3.63) is 65.9 Å². The Kier molecular flexibility index (Phi) is 7.58. The average molecular weight is 480 g/mol. The number of benzene rings is 2. The first-order valence-electron chi connectivity index (χ1n) is 11.1. The van der Waals surface area contributed by atoms with Crippen molar-refractivity contribution in [2.45, 2.75) is 45.8 Å². The number of esters is 1. The van der Waals surface area contributed by atoms with Crippen LogP contribution in [0.3, 0.4) is 0 Å². The molecule has 0 saturated heterocycles. The lowest BCUT2D eigenvalue weighted by Gasteiger charge is -2.19. The number of rotatable bonds is 6. The Balaban J connectivity index is 1.93. The number of aromatic nitrogens is 1. The van der Waals surface area contributed by atoms with E-state index in [9.17, 15) is 19.2 Å².